The van der Waals surface area contributed by atoms with Crippen molar-refractivity contribution >= 4 is 0 Å². The van der Waals surface area contributed by atoms with Gasteiger partial charge in [0.2, 0.25) is 5.75 Å². The molecule has 0 aliphatic rings. The summed E-state index contributed by atoms with van der Waals surface area (Å²) in [6, 6.07) is 8.49. The van der Waals surface area contributed by atoms with Gasteiger partial charge in [0.05, 0.1) is 26.4 Å². The fourth-order valence-corrected chi connectivity index (χ4v) is 2.92. The van der Waals surface area contributed by atoms with E-state index in [-0.39, 0.29) is 11.5 Å². The molecule has 2 aromatic carbocycles. The molecule has 7 nitrogen and oxygen atoms in total. The Hall–Kier alpha value is -2.48. The van der Waals surface area contributed by atoms with E-state index in [2.05, 4.69) is 0 Å². The van der Waals surface area contributed by atoms with Crippen molar-refractivity contribution in [2.45, 2.75) is 58.5 Å². The van der Waals surface area contributed by atoms with E-state index in [0.717, 1.165) is 0 Å². The first-order valence-corrected chi connectivity index (χ1v) is 10.2. The van der Waals surface area contributed by atoms with Crippen LogP contribution in [0.1, 0.15) is 63.4 Å². The molecule has 3 N–H and O–H groups in total. The summed E-state index contributed by atoms with van der Waals surface area (Å²) in [7, 11) is 2.99. The maximum Gasteiger partial charge on any atom is 0.207 e. The van der Waals surface area contributed by atoms with Gasteiger partial charge in [-0.2, -0.15) is 0 Å². The molecule has 0 amide bonds. The molecule has 0 heterocycles. The SMILES string of the molecule is CCC(O)Oc1c(OC)cc(C(O)CC)cc1Oc1ccc(C(O)CC)cc1OC. The van der Waals surface area contributed by atoms with Crippen LogP contribution in [0.5, 0.6) is 28.7 Å². The first-order valence-electron chi connectivity index (χ1n) is 10.2. The highest BCUT2D eigenvalue weighted by Crippen LogP contribution is 2.45. The van der Waals surface area contributed by atoms with Crippen LogP contribution in [0.15, 0.2) is 30.3 Å². The molecule has 0 aliphatic carbocycles. The molecular weight excluding hydrogens is 388 g/mol. The Morgan fingerprint density at radius 2 is 1.27 bits per heavy atom. The summed E-state index contributed by atoms with van der Waals surface area (Å²) in [5.74, 6) is 1.65. The highest BCUT2D eigenvalue weighted by atomic mass is 16.6. The van der Waals surface area contributed by atoms with Gasteiger partial charge in [-0.05, 0) is 48.2 Å². The summed E-state index contributed by atoms with van der Waals surface area (Å²) in [6.45, 7) is 5.54. The van der Waals surface area contributed by atoms with E-state index in [1.165, 1.54) is 14.2 Å². The highest BCUT2D eigenvalue weighted by Gasteiger charge is 2.22. The molecular formula is C23H32O7. The average molecular weight is 421 g/mol. The van der Waals surface area contributed by atoms with Crippen molar-refractivity contribution in [3.05, 3.63) is 41.5 Å². The quantitative estimate of drug-likeness (QED) is 0.461. The second-order valence-corrected chi connectivity index (χ2v) is 6.89. The molecule has 3 atom stereocenters. The predicted octanol–water partition coefficient (Wildman–Crippen LogP) is 4.49. The standard InChI is InChI=1S/C23H32O7/c1-6-16(24)14-9-10-18(19(11-14)27-4)29-21-13-15(17(25)7-2)12-20(28-5)23(21)30-22(26)8-3/h9-13,16-17,22,24-26H,6-8H2,1-5H3. The first kappa shape index (κ1) is 23.8. The number of aliphatic hydroxyl groups is 3. The zero-order chi connectivity index (χ0) is 22.3. The molecule has 0 aliphatic heterocycles. The Morgan fingerprint density at radius 3 is 1.83 bits per heavy atom. The van der Waals surface area contributed by atoms with Gasteiger partial charge in [-0.25, -0.2) is 0 Å². The number of benzene rings is 2. The minimum Gasteiger partial charge on any atom is -0.493 e. The smallest absolute Gasteiger partial charge is 0.207 e. The van der Waals surface area contributed by atoms with E-state index in [1.807, 2.05) is 13.8 Å². The van der Waals surface area contributed by atoms with Crippen molar-refractivity contribution in [1.82, 2.24) is 0 Å². The summed E-state index contributed by atoms with van der Waals surface area (Å²) in [5, 5.41) is 30.5. The molecule has 0 saturated carbocycles. The summed E-state index contributed by atoms with van der Waals surface area (Å²) in [5.41, 5.74) is 1.31. The van der Waals surface area contributed by atoms with E-state index < -0.39 is 18.5 Å². The predicted molar refractivity (Wildman–Crippen MR) is 113 cm³/mol. The number of methoxy groups -OCH3 is 2. The maximum absolute atomic E-state index is 10.3. The number of ether oxygens (including phenoxy) is 4. The second-order valence-electron chi connectivity index (χ2n) is 6.89. The molecule has 166 valence electrons. The van der Waals surface area contributed by atoms with Gasteiger partial charge < -0.3 is 34.3 Å². The van der Waals surface area contributed by atoms with Crippen molar-refractivity contribution in [2.24, 2.45) is 0 Å². The third-order valence-corrected chi connectivity index (χ3v) is 4.82. The lowest BCUT2D eigenvalue weighted by molar-refractivity contribution is -0.0221. The van der Waals surface area contributed by atoms with Crippen LogP contribution in [0.25, 0.3) is 0 Å². The lowest BCUT2D eigenvalue weighted by Gasteiger charge is -2.21. The molecule has 0 radical (unpaired) electrons. The third-order valence-electron chi connectivity index (χ3n) is 4.82. The van der Waals surface area contributed by atoms with Gasteiger partial charge in [-0.3, -0.25) is 0 Å². The van der Waals surface area contributed by atoms with Crippen LogP contribution in [-0.2, 0) is 0 Å². The van der Waals surface area contributed by atoms with Crippen LogP contribution in [0.4, 0.5) is 0 Å². The molecule has 30 heavy (non-hydrogen) atoms. The topological polar surface area (TPSA) is 97.6 Å². The van der Waals surface area contributed by atoms with Gasteiger partial charge in [0.25, 0.3) is 0 Å². The number of rotatable bonds is 11. The highest BCUT2D eigenvalue weighted by molar-refractivity contribution is 5.57. The average Bonchev–Trinajstić information content (AvgIpc) is 2.78. The van der Waals surface area contributed by atoms with Crippen LogP contribution in [-0.4, -0.2) is 35.8 Å². The Balaban J connectivity index is 2.55. The number of hydrogen-bond donors (Lipinski definition) is 3. The minimum absolute atomic E-state index is 0.221. The number of hydrogen-bond acceptors (Lipinski definition) is 7. The van der Waals surface area contributed by atoms with Gasteiger partial charge in [0.15, 0.2) is 29.3 Å². The zero-order valence-electron chi connectivity index (χ0n) is 18.2. The van der Waals surface area contributed by atoms with Crippen molar-refractivity contribution in [1.29, 1.82) is 0 Å². The van der Waals surface area contributed by atoms with Crippen molar-refractivity contribution in [2.75, 3.05) is 14.2 Å². The summed E-state index contributed by atoms with van der Waals surface area (Å²) in [4.78, 5) is 0. The van der Waals surface area contributed by atoms with Crippen molar-refractivity contribution < 1.29 is 34.3 Å². The molecule has 0 aromatic heterocycles. The minimum atomic E-state index is -1.05. The Bertz CT molecular complexity index is 821. The van der Waals surface area contributed by atoms with E-state index in [4.69, 9.17) is 18.9 Å². The second kappa shape index (κ2) is 11.1. The first-order chi connectivity index (χ1) is 14.4. The largest absolute Gasteiger partial charge is 0.493 e. The van der Waals surface area contributed by atoms with Crippen molar-refractivity contribution in [3.63, 3.8) is 0 Å². The molecule has 0 saturated heterocycles. The lowest BCUT2D eigenvalue weighted by atomic mass is 10.1. The fraction of sp³-hybridized carbons (Fsp3) is 0.478. The summed E-state index contributed by atoms with van der Waals surface area (Å²) in [6.07, 6.45) is -0.913. The zero-order valence-corrected chi connectivity index (χ0v) is 18.2. The van der Waals surface area contributed by atoms with Crippen molar-refractivity contribution in [3.8, 4) is 28.7 Å². The van der Waals surface area contributed by atoms with Gasteiger partial charge in [-0.15, -0.1) is 0 Å². The maximum atomic E-state index is 10.3. The van der Waals surface area contributed by atoms with E-state index in [1.54, 1.807) is 37.3 Å². The Morgan fingerprint density at radius 1 is 0.700 bits per heavy atom. The molecule has 3 unspecified atom stereocenters. The van der Waals surface area contributed by atoms with Gasteiger partial charge in [0, 0.05) is 6.42 Å². The fourth-order valence-electron chi connectivity index (χ4n) is 2.92. The van der Waals surface area contributed by atoms with Crippen LogP contribution in [0.3, 0.4) is 0 Å². The molecule has 0 fully saturated rings. The van der Waals surface area contributed by atoms with E-state index in [9.17, 15) is 15.3 Å². The molecule has 7 heteroatoms. The third kappa shape index (κ3) is 5.56. The molecule has 0 spiro atoms. The summed E-state index contributed by atoms with van der Waals surface area (Å²) < 4.78 is 22.6. The van der Waals surface area contributed by atoms with Crippen LogP contribution in [0.2, 0.25) is 0 Å². The van der Waals surface area contributed by atoms with Gasteiger partial charge >= 0.3 is 0 Å². The van der Waals surface area contributed by atoms with Crippen LogP contribution in [0, 0.1) is 0 Å². The van der Waals surface area contributed by atoms with Gasteiger partial charge in [0.1, 0.15) is 0 Å². The number of aliphatic hydroxyl groups excluding tert-OH is 3. The van der Waals surface area contributed by atoms with E-state index in [0.29, 0.717) is 47.6 Å². The normalized spacial score (nSPS) is 14.0. The molecule has 0 bridgehead atoms. The van der Waals surface area contributed by atoms with Crippen LogP contribution < -0.4 is 18.9 Å². The molecule has 2 rings (SSSR count). The van der Waals surface area contributed by atoms with Crippen LogP contribution >= 0.6 is 0 Å². The summed E-state index contributed by atoms with van der Waals surface area (Å²) >= 11 is 0. The Kier molecular flexibility index (Phi) is 8.77. The van der Waals surface area contributed by atoms with Gasteiger partial charge in [-0.1, -0.05) is 26.8 Å². The molecule has 2 aromatic rings. The Labute approximate surface area is 177 Å². The monoisotopic (exact) mass is 420 g/mol. The van der Waals surface area contributed by atoms with E-state index >= 15 is 0 Å². The lowest BCUT2D eigenvalue weighted by Crippen LogP contribution is -2.15.